The molecule has 4 saturated carbocycles. The van der Waals surface area contributed by atoms with Gasteiger partial charge in [0.1, 0.15) is 0 Å². The smallest absolute Gasteiger partial charge is 0.225 e. The van der Waals surface area contributed by atoms with Crippen LogP contribution in [-0.4, -0.2) is 15.9 Å². The van der Waals surface area contributed by atoms with Crippen molar-refractivity contribution in [1.82, 2.24) is 9.97 Å². The highest BCUT2D eigenvalue weighted by molar-refractivity contribution is 5.90. The van der Waals surface area contributed by atoms with Crippen molar-refractivity contribution in [3.05, 3.63) is 35.2 Å². The van der Waals surface area contributed by atoms with E-state index in [1.807, 2.05) is 6.07 Å². The first-order valence-corrected chi connectivity index (χ1v) is 12.9. The Bertz CT molecular complexity index is 1070. The SMILES string of the molecule is CC(C)CC(=O)Nc1nc2c(nc1CC13CC4CC(CC(C4)C1)C3)-c1ccc(N)cc1CC2. The Morgan fingerprint density at radius 2 is 1.79 bits per heavy atom. The number of carbonyl (C=O) groups excluding carboxylic acids is 1. The van der Waals surface area contributed by atoms with Crippen LogP contribution < -0.4 is 11.1 Å². The molecule has 1 amide bonds. The zero-order chi connectivity index (χ0) is 22.7. The third-order valence-corrected chi connectivity index (χ3v) is 8.61. The summed E-state index contributed by atoms with van der Waals surface area (Å²) >= 11 is 0. The molecule has 1 aromatic carbocycles. The Kier molecular flexibility index (Phi) is 5.00. The van der Waals surface area contributed by atoms with Crippen LogP contribution in [0.4, 0.5) is 11.5 Å². The van der Waals surface area contributed by atoms with Gasteiger partial charge in [0.25, 0.3) is 0 Å². The van der Waals surface area contributed by atoms with Crippen LogP contribution in [0, 0.1) is 29.1 Å². The van der Waals surface area contributed by atoms with Crippen LogP contribution in [0.5, 0.6) is 0 Å². The lowest BCUT2D eigenvalue weighted by molar-refractivity contribution is -0.116. The summed E-state index contributed by atoms with van der Waals surface area (Å²) in [5.74, 6) is 3.77. The number of hydrogen-bond acceptors (Lipinski definition) is 4. The minimum absolute atomic E-state index is 0.0509. The highest BCUT2D eigenvalue weighted by Gasteiger charge is 2.51. The molecule has 2 aromatic rings. The molecular weight excluding hydrogens is 408 g/mol. The Morgan fingerprint density at radius 3 is 2.45 bits per heavy atom. The molecular formula is C28H36N4O. The molecule has 0 atom stereocenters. The molecule has 5 aliphatic carbocycles. The molecule has 1 aromatic heterocycles. The van der Waals surface area contributed by atoms with Crippen molar-refractivity contribution in [1.29, 1.82) is 0 Å². The van der Waals surface area contributed by atoms with Gasteiger partial charge in [0.05, 0.1) is 17.1 Å². The van der Waals surface area contributed by atoms with Crippen LogP contribution >= 0.6 is 0 Å². The molecule has 0 spiro atoms. The molecule has 4 fully saturated rings. The number of amides is 1. The van der Waals surface area contributed by atoms with Gasteiger partial charge in [-0.05, 0) is 105 Å². The molecule has 33 heavy (non-hydrogen) atoms. The number of carbonyl (C=O) groups is 1. The lowest BCUT2D eigenvalue weighted by Crippen LogP contribution is -2.47. The zero-order valence-corrected chi connectivity index (χ0v) is 20.0. The summed E-state index contributed by atoms with van der Waals surface area (Å²) in [6.07, 6.45) is 11.5. The third-order valence-electron chi connectivity index (χ3n) is 8.61. The number of benzene rings is 1. The Hall–Kier alpha value is -2.43. The second-order valence-electron chi connectivity index (χ2n) is 12.0. The normalized spacial score (nSPS) is 29.1. The number of aromatic nitrogens is 2. The van der Waals surface area contributed by atoms with E-state index in [-0.39, 0.29) is 5.91 Å². The van der Waals surface area contributed by atoms with Gasteiger partial charge in [0.2, 0.25) is 5.91 Å². The van der Waals surface area contributed by atoms with E-state index in [9.17, 15) is 4.79 Å². The van der Waals surface area contributed by atoms with Crippen molar-refractivity contribution in [3.8, 4) is 11.3 Å². The first-order chi connectivity index (χ1) is 15.9. The first-order valence-electron chi connectivity index (χ1n) is 12.9. The second-order valence-corrected chi connectivity index (χ2v) is 12.0. The number of fused-ring (bicyclic) bond motifs is 3. The number of nitrogens with two attached hydrogens (primary N) is 1. The van der Waals surface area contributed by atoms with Gasteiger partial charge < -0.3 is 11.1 Å². The topological polar surface area (TPSA) is 80.9 Å². The average molecular weight is 445 g/mol. The molecule has 0 saturated heterocycles. The van der Waals surface area contributed by atoms with Crippen molar-refractivity contribution in [3.63, 3.8) is 0 Å². The number of anilines is 2. The minimum atomic E-state index is 0.0509. The van der Waals surface area contributed by atoms with E-state index in [4.69, 9.17) is 15.7 Å². The van der Waals surface area contributed by atoms with Crippen LogP contribution in [-0.2, 0) is 24.1 Å². The number of nitrogens with zero attached hydrogens (tertiary/aromatic N) is 2. The maximum atomic E-state index is 12.8. The molecule has 0 aliphatic heterocycles. The average Bonchev–Trinajstić information content (AvgIpc) is 2.72. The molecule has 1 heterocycles. The number of nitrogen functional groups attached to an aromatic ring is 1. The quantitative estimate of drug-likeness (QED) is 0.591. The van der Waals surface area contributed by atoms with Crippen molar-refractivity contribution >= 4 is 17.4 Å². The van der Waals surface area contributed by atoms with E-state index < -0.39 is 0 Å². The van der Waals surface area contributed by atoms with Gasteiger partial charge >= 0.3 is 0 Å². The van der Waals surface area contributed by atoms with Gasteiger partial charge in [-0.25, -0.2) is 9.97 Å². The fourth-order valence-electron chi connectivity index (χ4n) is 7.84. The molecule has 4 bridgehead atoms. The van der Waals surface area contributed by atoms with Gasteiger partial charge in [-0.2, -0.15) is 0 Å². The summed E-state index contributed by atoms with van der Waals surface area (Å²) in [7, 11) is 0. The summed E-state index contributed by atoms with van der Waals surface area (Å²) in [6, 6.07) is 6.15. The molecule has 174 valence electrons. The van der Waals surface area contributed by atoms with E-state index in [2.05, 4.69) is 31.3 Å². The van der Waals surface area contributed by atoms with E-state index in [0.29, 0.717) is 23.6 Å². The lowest BCUT2D eigenvalue weighted by atomic mass is 9.48. The van der Waals surface area contributed by atoms with E-state index in [1.165, 1.54) is 44.1 Å². The fourth-order valence-corrected chi connectivity index (χ4v) is 7.84. The summed E-state index contributed by atoms with van der Waals surface area (Å²) in [6.45, 7) is 4.16. The Labute approximate surface area is 197 Å². The van der Waals surface area contributed by atoms with Crippen molar-refractivity contribution in [2.45, 2.75) is 78.1 Å². The number of hydrogen-bond donors (Lipinski definition) is 2. The Morgan fingerprint density at radius 1 is 1.09 bits per heavy atom. The van der Waals surface area contributed by atoms with Crippen LogP contribution in [0.15, 0.2) is 18.2 Å². The summed E-state index contributed by atoms with van der Waals surface area (Å²) < 4.78 is 0. The van der Waals surface area contributed by atoms with E-state index in [1.54, 1.807) is 0 Å². The highest BCUT2D eigenvalue weighted by Crippen LogP contribution is 2.61. The number of aryl methyl sites for hydroxylation is 2. The maximum absolute atomic E-state index is 12.8. The standard InChI is InChI=1S/C28H36N4O/c1-16(2)7-25(33)32-27-24(15-28-12-17-8-18(13-28)10-19(9-17)14-28)30-26-22-5-4-21(29)11-20(22)3-6-23(26)31-27/h4-5,11,16-19H,3,6-10,12-15,29H2,1-2H3,(H,31,32,33). The molecule has 3 N–H and O–H groups in total. The van der Waals surface area contributed by atoms with Crippen LogP contribution in [0.3, 0.4) is 0 Å². The molecule has 5 heteroatoms. The molecule has 0 radical (unpaired) electrons. The fraction of sp³-hybridized carbons (Fsp3) is 0.607. The van der Waals surface area contributed by atoms with Crippen LogP contribution in [0.2, 0.25) is 0 Å². The first kappa shape index (κ1) is 21.1. The van der Waals surface area contributed by atoms with E-state index in [0.717, 1.165) is 65.3 Å². The zero-order valence-electron chi connectivity index (χ0n) is 20.0. The van der Waals surface area contributed by atoms with Crippen molar-refractivity contribution in [2.75, 3.05) is 11.1 Å². The van der Waals surface area contributed by atoms with E-state index >= 15 is 0 Å². The highest BCUT2D eigenvalue weighted by atomic mass is 16.1. The van der Waals surface area contributed by atoms with Gasteiger partial charge in [-0.15, -0.1) is 0 Å². The lowest BCUT2D eigenvalue weighted by Gasteiger charge is -2.57. The molecule has 5 aliphatic rings. The Balaban J connectivity index is 1.39. The summed E-state index contributed by atoms with van der Waals surface area (Å²) in [4.78, 5) is 23.1. The maximum Gasteiger partial charge on any atom is 0.225 e. The van der Waals surface area contributed by atoms with Gasteiger partial charge in [-0.3, -0.25) is 4.79 Å². The van der Waals surface area contributed by atoms with Gasteiger partial charge in [-0.1, -0.05) is 19.9 Å². The molecule has 7 rings (SSSR count). The number of rotatable bonds is 5. The summed E-state index contributed by atoms with van der Waals surface area (Å²) in [5.41, 5.74) is 12.6. The van der Waals surface area contributed by atoms with Crippen molar-refractivity contribution < 1.29 is 4.79 Å². The predicted molar refractivity (Wildman–Crippen MR) is 132 cm³/mol. The largest absolute Gasteiger partial charge is 0.399 e. The second kappa shape index (κ2) is 7.82. The molecule has 0 unspecified atom stereocenters. The van der Waals surface area contributed by atoms with Crippen molar-refractivity contribution in [2.24, 2.45) is 29.1 Å². The van der Waals surface area contributed by atoms with Gasteiger partial charge in [0.15, 0.2) is 5.82 Å². The van der Waals surface area contributed by atoms with Crippen LogP contribution in [0.25, 0.3) is 11.3 Å². The minimum Gasteiger partial charge on any atom is -0.399 e. The summed E-state index contributed by atoms with van der Waals surface area (Å²) in [5, 5.41) is 3.18. The monoisotopic (exact) mass is 444 g/mol. The molecule has 5 nitrogen and oxygen atoms in total. The number of nitrogens with one attached hydrogen (secondary N) is 1. The predicted octanol–water partition coefficient (Wildman–Crippen LogP) is 5.57. The third kappa shape index (κ3) is 3.94. The van der Waals surface area contributed by atoms with Gasteiger partial charge in [0, 0.05) is 17.7 Å². The van der Waals surface area contributed by atoms with Crippen LogP contribution in [0.1, 0.15) is 75.7 Å².